The SMILES string of the molecule is C.Cc1ccc(N2CCN(c3ncnc4ccc(-c5cn[nH]c5)cc34)CC2)cc1. The van der Waals surface area contributed by atoms with Crippen molar-refractivity contribution in [2.24, 2.45) is 0 Å². The molecule has 1 saturated heterocycles. The van der Waals surface area contributed by atoms with Crippen LogP contribution in [0.4, 0.5) is 11.5 Å². The molecule has 2 aromatic carbocycles. The zero-order chi connectivity index (χ0) is 18.9. The van der Waals surface area contributed by atoms with Gasteiger partial charge in [0, 0.05) is 49.0 Å². The van der Waals surface area contributed by atoms with Crippen LogP contribution in [0.5, 0.6) is 0 Å². The highest BCUT2D eigenvalue weighted by Gasteiger charge is 2.20. The molecule has 0 radical (unpaired) electrons. The summed E-state index contributed by atoms with van der Waals surface area (Å²) in [6, 6.07) is 15.1. The molecule has 148 valence electrons. The van der Waals surface area contributed by atoms with Gasteiger partial charge in [-0.3, -0.25) is 5.10 Å². The molecule has 29 heavy (non-hydrogen) atoms. The van der Waals surface area contributed by atoms with Crippen molar-refractivity contribution < 1.29 is 0 Å². The zero-order valence-corrected chi connectivity index (χ0v) is 15.8. The molecule has 1 N–H and O–H groups in total. The molecule has 6 heteroatoms. The third kappa shape index (κ3) is 3.66. The smallest absolute Gasteiger partial charge is 0.140 e. The summed E-state index contributed by atoms with van der Waals surface area (Å²) in [6.45, 7) is 5.97. The van der Waals surface area contributed by atoms with E-state index in [0.29, 0.717) is 0 Å². The van der Waals surface area contributed by atoms with Gasteiger partial charge in [-0.2, -0.15) is 5.10 Å². The minimum Gasteiger partial charge on any atom is -0.368 e. The number of anilines is 2. The second-order valence-corrected chi connectivity index (χ2v) is 7.23. The van der Waals surface area contributed by atoms with E-state index in [-0.39, 0.29) is 7.43 Å². The van der Waals surface area contributed by atoms with Crippen molar-refractivity contribution in [2.75, 3.05) is 36.0 Å². The highest BCUT2D eigenvalue weighted by Crippen LogP contribution is 2.29. The van der Waals surface area contributed by atoms with Gasteiger partial charge in [0.2, 0.25) is 0 Å². The summed E-state index contributed by atoms with van der Waals surface area (Å²) >= 11 is 0. The number of benzene rings is 2. The van der Waals surface area contributed by atoms with Gasteiger partial charge < -0.3 is 9.80 Å². The Morgan fingerprint density at radius 1 is 0.862 bits per heavy atom. The van der Waals surface area contributed by atoms with E-state index in [1.54, 1.807) is 6.33 Å². The van der Waals surface area contributed by atoms with Crippen LogP contribution >= 0.6 is 0 Å². The van der Waals surface area contributed by atoms with Crippen molar-refractivity contribution in [1.29, 1.82) is 0 Å². The maximum Gasteiger partial charge on any atom is 0.140 e. The number of hydrogen-bond donors (Lipinski definition) is 1. The van der Waals surface area contributed by atoms with Crippen LogP contribution in [0.2, 0.25) is 0 Å². The molecule has 0 spiro atoms. The molecule has 3 heterocycles. The van der Waals surface area contributed by atoms with E-state index in [1.165, 1.54) is 11.3 Å². The molecule has 0 bridgehead atoms. The lowest BCUT2D eigenvalue weighted by Crippen LogP contribution is -2.46. The fourth-order valence-corrected chi connectivity index (χ4v) is 3.82. The van der Waals surface area contributed by atoms with E-state index in [9.17, 15) is 0 Å². The number of aryl methyl sites for hydroxylation is 1. The molecule has 1 aliphatic rings. The fourth-order valence-electron chi connectivity index (χ4n) is 3.82. The van der Waals surface area contributed by atoms with Crippen molar-refractivity contribution in [1.82, 2.24) is 20.2 Å². The third-order valence-electron chi connectivity index (χ3n) is 5.42. The molecule has 1 aliphatic heterocycles. The highest BCUT2D eigenvalue weighted by molar-refractivity contribution is 5.92. The Kier molecular flexibility index (Phi) is 5.16. The Balaban J connectivity index is 0.00000205. The molecule has 0 unspecified atom stereocenters. The van der Waals surface area contributed by atoms with Gasteiger partial charge in [-0.15, -0.1) is 0 Å². The first kappa shape index (κ1) is 18.9. The van der Waals surface area contributed by atoms with Crippen LogP contribution in [0.1, 0.15) is 13.0 Å². The van der Waals surface area contributed by atoms with Gasteiger partial charge >= 0.3 is 0 Å². The molecule has 0 aliphatic carbocycles. The molecule has 4 aromatic rings. The van der Waals surface area contributed by atoms with Crippen LogP contribution in [0, 0.1) is 6.92 Å². The molecule has 0 saturated carbocycles. The average Bonchev–Trinajstić information content (AvgIpc) is 3.29. The number of nitrogens with one attached hydrogen (secondary N) is 1. The van der Waals surface area contributed by atoms with Gasteiger partial charge in [0.05, 0.1) is 11.7 Å². The topological polar surface area (TPSA) is 60.9 Å². The van der Waals surface area contributed by atoms with E-state index in [0.717, 1.165) is 54.0 Å². The standard InChI is InChI=1S/C22H22N6.CH4/c1-16-2-5-19(6-3-16)27-8-10-28(11-9-27)22-20-12-17(18-13-25-26-14-18)4-7-21(20)23-15-24-22;/h2-7,12-15H,8-11H2,1H3,(H,25,26);1H4. The predicted octanol–water partition coefficient (Wildman–Crippen LogP) is 4.29. The number of hydrogen-bond acceptors (Lipinski definition) is 5. The van der Waals surface area contributed by atoms with Gasteiger partial charge in [-0.1, -0.05) is 31.2 Å². The summed E-state index contributed by atoms with van der Waals surface area (Å²) in [5.74, 6) is 1.01. The average molecular weight is 387 g/mol. The van der Waals surface area contributed by atoms with Gasteiger partial charge in [0.1, 0.15) is 12.1 Å². The molecule has 5 rings (SSSR count). The van der Waals surface area contributed by atoms with Crippen LogP contribution in [0.25, 0.3) is 22.0 Å². The first-order valence-corrected chi connectivity index (χ1v) is 9.58. The zero-order valence-electron chi connectivity index (χ0n) is 15.8. The summed E-state index contributed by atoms with van der Waals surface area (Å²) in [5, 5.41) is 8.03. The van der Waals surface area contributed by atoms with E-state index < -0.39 is 0 Å². The first-order chi connectivity index (χ1) is 13.8. The van der Waals surface area contributed by atoms with E-state index in [1.807, 2.05) is 12.4 Å². The van der Waals surface area contributed by atoms with Gasteiger partial charge in [0.25, 0.3) is 0 Å². The van der Waals surface area contributed by atoms with Crippen LogP contribution in [-0.4, -0.2) is 46.3 Å². The number of nitrogens with zero attached hydrogens (tertiary/aromatic N) is 5. The van der Waals surface area contributed by atoms with Crippen LogP contribution in [0.15, 0.2) is 61.2 Å². The van der Waals surface area contributed by atoms with Gasteiger partial charge in [-0.05, 0) is 36.8 Å². The molecule has 1 fully saturated rings. The summed E-state index contributed by atoms with van der Waals surface area (Å²) in [5.41, 5.74) is 5.75. The number of aromatic amines is 1. The molecule has 0 atom stereocenters. The number of H-pyrrole nitrogens is 1. The maximum absolute atomic E-state index is 4.64. The second kappa shape index (κ2) is 7.91. The number of fused-ring (bicyclic) bond motifs is 1. The van der Waals surface area contributed by atoms with Crippen LogP contribution in [0.3, 0.4) is 0 Å². The number of rotatable bonds is 3. The number of piperazine rings is 1. The van der Waals surface area contributed by atoms with E-state index in [4.69, 9.17) is 0 Å². The molecule has 2 aromatic heterocycles. The minimum atomic E-state index is 0. The lowest BCUT2D eigenvalue weighted by molar-refractivity contribution is 0.649. The van der Waals surface area contributed by atoms with Gasteiger partial charge in [-0.25, -0.2) is 9.97 Å². The first-order valence-electron chi connectivity index (χ1n) is 9.58. The van der Waals surface area contributed by atoms with Crippen LogP contribution in [-0.2, 0) is 0 Å². The predicted molar refractivity (Wildman–Crippen MR) is 119 cm³/mol. The summed E-state index contributed by atoms with van der Waals surface area (Å²) in [7, 11) is 0. The monoisotopic (exact) mass is 386 g/mol. The molecular formula is C23H26N6. The Morgan fingerprint density at radius 3 is 2.34 bits per heavy atom. The third-order valence-corrected chi connectivity index (χ3v) is 5.42. The second-order valence-electron chi connectivity index (χ2n) is 7.23. The Hall–Kier alpha value is -3.41. The summed E-state index contributed by atoms with van der Waals surface area (Å²) in [6.07, 6.45) is 5.41. The van der Waals surface area contributed by atoms with Crippen molar-refractivity contribution >= 4 is 22.4 Å². The lowest BCUT2D eigenvalue weighted by atomic mass is 10.1. The molecular weight excluding hydrogens is 360 g/mol. The molecule has 0 amide bonds. The quantitative estimate of drug-likeness (QED) is 0.569. The van der Waals surface area contributed by atoms with Crippen molar-refractivity contribution in [3.63, 3.8) is 0 Å². The fraction of sp³-hybridized carbons (Fsp3) is 0.261. The number of aromatic nitrogens is 4. The Bertz CT molecular complexity index is 1080. The van der Waals surface area contributed by atoms with E-state index in [2.05, 4.69) is 79.4 Å². The Labute approximate surface area is 171 Å². The normalized spacial score (nSPS) is 14.1. The van der Waals surface area contributed by atoms with Crippen LogP contribution < -0.4 is 9.80 Å². The summed E-state index contributed by atoms with van der Waals surface area (Å²) < 4.78 is 0. The van der Waals surface area contributed by atoms with Crippen molar-refractivity contribution in [2.45, 2.75) is 14.4 Å². The minimum absolute atomic E-state index is 0. The summed E-state index contributed by atoms with van der Waals surface area (Å²) in [4.78, 5) is 13.9. The maximum atomic E-state index is 4.64. The highest BCUT2D eigenvalue weighted by atomic mass is 15.3. The van der Waals surface area contributed by atoms with Gasteiger partial charge in [0.15, 0.2) is 0 Å². The largest absolute Gasteiger partial charge is 0.368 e. The Morgan fingerprint density at radius 2 is 1.62 bits per heavy atom. The van der Waals surface area contributed by atoms with Crippen molar-refractivity contribution in [3.05, 3.63) is 66.7 Å². The van der Waals surface area contributed by atoms with E-state index >= 15 is 0 Å². The lowest BCUT2D eigenvalue weighted by Gasteiger charge is -2.37. The van der Waals surface area contributed by atoms with Crippen molar-refractivity contribution in [3.8, 4) is 11.1 Å². The molecule has 6 nitrogen and oxygen atoms in total.